The lowest BCUT2D eigenvalue weighted by Crippen LogP contribution is -2.43. The van der Waals surface area contributed by atoms with Gasteiger partial charge >= 0.3 is 5.97 Å². The number of halogens is 1. The molecule has 0 unspecified atom stereocenters. The monoisotopic (exact) mass is 507 g/mol. The first kappa shape index (κ1) is 26.3. The predicted molar refractivity (Wildman–Crippen MR) is 139 cm³/mol. The standard InChI is InChI=1S/C26H31BFN5O4/c1-15(2)33(25(34)18-6-4-16(3)5-7-18)22-12-21(28)23(11-19(22)26(35)36)37-24-20(27)10-17(13-29-24)14-32-30-8-9-31-32/h8-13,15-16,18H,4-7,14,27H2,1-3H3,(H,35,36)/t16-,18-. The van der Waals surface area contributed by atoms with Crippen LogP contribution >= 0.6 is 0 Å². The largest absolute Gasteiger partial charge is 0.478 e. The van der Waals surface area contributed by atoms with Crippen LogP contribution in [-0.4, -0.2) is 50.8 Å². The normalized spacial score (nSPS) is 17.5. The van der Waals surface area contributed by atoms with Gasteiger partial charge in [0.05, 0.1) is 30.2 Å². The topological polar surface area (TPSA) is 110 Å². The van der Waals surface area contributed by atoms with Crippen LogP contribution < -0.4 is 15.1 Å². The minimum Gasteiger partial charge on any atom is -0.478 e. The number of anilines is 1. The van der Waals surface area contributed by atoms with E-state index in [0.29, 0.717) is 17.9 Å². The Balaban J connectivity index is 1.62. The zero-order valence-corrected chi connectivity index (χ0v) is 21.5. The number of carboxylic acids is 1. The first-order valence-electron chi connectivity index (χ1n) is 12.5. The third kappa shape index (κ3) is 5.98. The summed E-state index contributed by atoms with van der Waals surface area (Å²) >= 11 is 0. The molecular formula is C26H31BFN5O4. The van der Waals surface area contributed by atoms with Gasteiger partial charge in [-0.3, -0.25) is 4.79 Å². The van der Waals surface area contributed by atoms with Crippen molar-refractivity contribution < 1.29 is 23.8 Å². The number of carbonyl (C=O) groups is 2. The van der Waals surface area contributed by atoms with Gasteiger partial charge in [-0.15, -0.1) is 0 Å². The van der Waals surface area contributed by atoms with Crippen LogP contribution in [0.5, 0.6) is 11.6 Å². The van der Waals surface area contributed by atoms with E-state index in [-0.39, 0.29) is 40.7 Å². The van der Waals surface area contributed by atoms with E-state index in [1.54, 1.807) is 40.3 Å². The van der Waals surface area contributed by atoms with Crippen LogP contribution in [-0.2, 0) is 11.3 Å². The molecule has 3 aromatic rings. The number of pyridine rings is 1. The fourth-order valence-electron chi connectivity index (χ4n) is 4.75. The minimum atomic E-state index is -1.28. The molecule has 1 saturated carbocycles. The average Bonchev–Trinajstić information content (AvgIpc) is 3.35. The number of carboxylic acid groups (broad SMARTS) is 1. The number of rotatable bonds is 8. The smallest absolute Gasteiger partial charge is 0.337 e. The average molecular weight is 507 g/mol. The Labute approximate surface area is 216 Å². The maximum atomic E-state index is 15.3. The van der Waals surface area contributed by atoms with Crippen LogP contribution in [0.3, 0.4) is 0 Å². The quantitative estimate of drug-likeness (QED) is 0.467. The van der Waals surface area contributed by atoms with Crippen LogP contribution in [0.1, 0.15) is 62.4 Å². The lowest BCUT2D eigenvalue weighted by molar-refractivity contribution is -0.123. The molecule has 9 nitrogen and oxygen atoms in total. The zero-order chi connectivity index (χ0) is 26.7. The first-order chi connectivity index (χ1) is 17.6. The summed E-state index contributed by atoms with van der Waals surface area (Å²) in [7, 11) is 1.76. The first-order valence-corrected chi connectivity index (χ1v) is 12.5. The third-order valence-corrected chi connectivity index (χ3v) is 6.74. The second-order valence-corrected chi connectivity index (χ2v) is 9.99. The molecule has 37 heavy (non-hydrogen) atoms. The van der Waals surface area contributed by atoms with E-state index in [2.05, 4.69) is 22.1 Å². The molecule has 2 heterocycles. The Kier molecular flexibility index (Phi) is 7.90. The van der Waals surface area contributed by atoms with E-state index in [1.807, 2.05) is 6.07 Å². The van der Waals surface area contributed by atoms with Crippen molar-refractivity contribution in [3.05, 3.63) is 53.7 Å². The van der Waals surface area contributed by atoms with Crippen molar-refractivity contribution in [2.75, 3.05) is 4.90 Å². The Morgan fingerprint density at radius 3 is 2.46 bits per heavy atom. The summed E-state index contributed by atoms with van der Waals surface area (Å²) < 4.78 is 21.0. The van der Waals surface area contributed by atoms with Crippen LogP contribution in [0, 0.1) is 17.7 Å². The second kappa shape index (κ2) is 11.1. The number of aromatic nitrogens is 4. The van der Waals surface area contributed by atoms with E-state index in [9.17, 15) is 14.7 Å². The maximum Gasteiger partial charge on any atom is 0.337 e. The van der Waals surface area contributed by atoms with Crippen LogP contribution in [0.4, 0.5) is 10.1 Å². The number of nitrogens with zero attached hydrogens (tertiary/aromatic N) is 5. The molecule has 1 aliphatic carbocycles. The molecule has 1 aromatic carbocycles. The van der Waals surface area contributed by atoms with Gasteiger partial charge in [0.15, 0.2) is 11.6 Å². The van der Waals surface area contributed by atoms with Gasteiger partial charge in [0, 0.05) is 30.3 Å². The molecule has 0 radical (unpaired) electrons. The Hall–Kier alpha value is -3.76. The fourth-order valence-corrected chi connectivity index (χ4v) is 4.75. The van der Waals surface area contributed by atoms with Crippen molar-refractivity contribution >= 4 is 30.9 Å². The fraction of sp³-hybridized carbons (Fsp3) is 0.423. The molecule has 0 atom stereocenters. The molecule has 0 spiro atoms. The molecule has 1 aliphatic rings. The highest BCUT2D eigenvalue weighted by molar-refractivity contribution is 6.34. The van der Waals surface area contributed by atoms with Crippen LogP contribution in [0.2, 0.25) is 0 Å². The summed E-state index contributed by atoms with van der Waals surface area (Å²) in [5.41, 5.74) is 1.28. The van der Waals surface area contributed by atoms with Crippen molar-refractivity contribution in [3.63, 3.8) is 0 Å². The summed E-state index contributed by atoms with van der Waals surface area (Å²) in [6, 6.07) is 3.67. The van der Waals surface area contributed by atoms with Gasteiger partial charge < -0.3 is 14.7 Å². The molecule has 0 saturated heterocycles. The van der Waals surface area contributed by atoms with E-state index >= 15 is 4.39 Å². The van der Waals surface area contributed by atoms with Gasteiger partial charge in [0.1, 0.15) is 7.85 Å². The summed E-state index contributed by atoms with van der Waals surface area (Å²) in [4.78, 5) is 32.9. The zero-order valence-electron chi connectivity index (χ0n) is 21.5. The number of aromatic carboxylic acids is 1. The number of carbonyl (C=O) groups excluding carboxylic acids is 1. The summed E-state index contributed by atoms with van der Waals surface area (Å²) in [6.45, 7) is 6.17. The molecule has 2 aromatic heterocycles. The van der Waals surface area contributed by atoms with Crippen molar-refractivity contribution in [1.29, 1.82) is 0 Å². The van der Waals surface area contributed by atoms with Gasteiger partial charge in [-0.1, -0.05) is 13.0 Å². The molecule has 0 aliphatic heterocycles. The van der Waals surface area contributed by atoms with E-state index in [1.165, 1.54) is 9.70 Å². The number of benzene rings is 1. The highest BCUT2D eigenvalue weighted by Crippen LogP contribution is 2.36. The van der Waals surface area contributed by atoms with Gasteiger partial charge in [-0.2, -0.15) is 15.0 Å². The molecular weight excluding hydrogens is 476 g/mol. The number of ether oxygens (including phenoxy) is 1. The summed E-state index contributed by atoms with van der Waals surface area (Å²) in [5.74, 6) is -2.00. The molecule has 1 N–H and O–H groups in total. The molecule has 1 amide bonds. The molecule has 1 fully saturated rings. The van der Waals surface area contributed by atoms with Gasteiger partial charge in [0.25, 0.3) is 0 Å². The number of hydrogen-bond donors (Lipinski definition) is 1. The van der Waals surface area contributed by atoms with E-state index < -0.39 is 11.8 Å². The summed E-state index contributed by atoms with van der Waals surface area (Å²) in [6.07, 6.45) is 8.10. The third-order valence-electron chi connectivity index (χ3n) is 6.74. The Morgan fingerprint density at radius 2 is 1.86 bits per heavy atom. The van der Waals surface area contributed by atoms with Crippen molar-refractivity contribution in [1.82, 2.24) is 20.0 Å². The number of amides is 1. The molecule has 0 bridgehead atoms. The van der Waals surface area contributed by atoms with Gasteiger partial charge in [-0.05, 0) is 56.5 Å². The molecule has 11 heteroatoms. The lowest BCUT2D eigenvalue weighted by atomic mass is 9.82. The minimum absolute atomic E-state index is 0.0303. The van der Waals surface area contributed by atoms with Gasteiger partial charge in [-0.25, -0.2) is 14.2 Å². The number of hydrogen-bond acceptors (Lipinski definition) is 6. The predicted octanol–water partition coefficient (Wildman–Crippen LogP) is 3.18. The Bertz CT molecular complexity index is 1280. The maximum absolute atomic E-state index is 15.3. The van der Waals surface area contributed by atoms with Crippen molar-refractivity contribution in [3.8, 4) is 11.6 Å². The SMILES string of the molecule is Bc1cc(Cn2nccn2)cnc1Oc1cc(C(=O)O)c(N(C(=O)[C@H]2CC[C@H](C)CC2)C(C)C)cc1F. The van der Waals surface area contributed by atoms with Crippen LogP contribution in [0.15, 0.2) is 36.8 Å². The van der Waals surface area contributed by atoms with Crippen molar-refractivity contribution in [2.24, 2.45) is 11.8 Å². The van der Waals surface area contributed by atoms with E-state index in [0.717, 1.165) is 43.4 Å². The highest BCUT2D eigenvalue weighted by atomic mass is 19.1. The second-order valence-electron chi connectivity index (χ2n) is 9.99. The van der Waals surface area contributed by atoms with Gasteiger partial charge in [0.2, 0.25) is 11.8 Å². The molecule has 4 rings (SSSR count). The Morgan fingerprint density at radius 1 is 1.19 bits per heavy atom. The van der Waals surface area contributed by atoms with Crippen molar-refractivity contribution in [2.45, 2.75) is 59.0 Å². The molecule has 194 valence electrons. The highest BCUT2D eigenvalue weighted by Gasteiger charge is 2.33. The van der Waals surface area contributed by atoms with E-state index in [4.69, 9.17) is 4.74 Å². The lowest BCUT2D eigenvalue weighted by Gasteiger charge is -2.34. The summed E-state index contributed by atoms with van der Waals surface area (Å²) in [5, 5.41) is 18.1. The van der Waals surface area contributed by atoms with Crippen LogP contribution in [0.25, 0.3) is 0 Å².